The van der Waals surface area contributed by atoms with Gasteiger partial charge in [0.1, 0.15) is 0 Å². The number of benzene rings is 2. The zero-order valence-corrected chi connectivity index (χ0v) is 13.3. The van der Waals surface area contributed by atoms with Crippen LogP contribution in [0.4, 0.5) is 0 Å². The van der Waals surface area contributed by atoms with Crippen molar-refractivity contribution in [2.24, 2.45) is 0 Å². The fraction of sp³-hybridized carbons (Fsp3) is 0.294. The van der Waals surface area contributed by atoms with Gasteiger partial charge in [-0.2, -0.15) is 0 Å². The van der Waals surface area contributed by atoms with E-state index in [1.54, 1.807) is 0 Å². The summed E-state index contributed by atoms with van der Waals surface area (Å²) < 4.78 is 1.16. The molecule has 1 unspecified atom stereocenters. The summed E-state index contributed by atoms with van der Waals surface area (Å²) in [5.74, 6) is 0. The standard InChI is InChI=1S/C17H20BrN/c1-12-8-9-13(2)16(10-12)14(3)19-11-15-6-4-5-7-17(15)18/h4-10,14,19H,11H2,1-3H3. The monoisotopic (exact) mass is 317 g/mol. The molecule has 2 rings (SSSR count). The van der Waals surface area contributed by atoms with Crippen molar-refractivity contribution < 1.29 is 0 Å². The topological polar surface area (TPSA) is 12.0 Å². The van der Waals surface area contributed by atoms with Crippen LogP contribution < -0.4 is 5.32 Å². The van der Waals surface area contributed by atoms with Gasteiger partial charge in [-0.25, -0.2) is 0 Å². The third-order valence-electron chi connectivity index (χ3n) is 3.46. The second kappa shape index (κ2) is 6.36. The fourth-order valence-corrected chi connectivity index (χ4v) is 2.67. The highest BCUT2D eigenvalue weighted by atomic mass is 79.9. The van der Waals surface area contributed by atoms with Gasteiger partial charge in [-0.15, -0.1) is 0 Å². The van der Waals surface area contributed by atoms with Crippen molar-refractivity contribution in [2.75, 3.05) is 0 Å². The van der Waals surface area contributed by atoms with Crippen molar-refractivity contribution in [3.05, 3.63) is 69.2 Å². The Balaban J connectivity index is 2.07. The molecular formula is C17H20BrN. The van der Waals surface area contributed by atoms with Gasteiger partial charge in [0.2, 0.25) is 0 Å². The molecule has 0 amide bonds. The SMILES string of the molecule is Cc1ccc(C)c(C(C)NCc2ccccc2Br)c1. The van der Waals surface area contributed by atoms with E-state index >= 15 is 0 Å². The van der Waals surface area contributed by atoms with E-state index in [-0.39, 0.29) is 0 Å². The maximum absolute atomic E-state index is 3.59. The minimum Gasteiger partial charge on any atom is -0.306 e. The molecule has 0 aliphatic heterocycles. The second-order valence-electron chi connectivity index (χ2n) is 5.05. The molecule has 1 atom stereocenters. The first-order valence-corrected chi connectivity index (χ1v) is 7.41. The maximum Gasteiger partial charge on any atom is 0.0297 e. The molecule has 0 bridgehead atoms. The lowest BCUT2D eigenvalue weighted by Gasteiger charge is -2.18. The second-order valence-corrected chi connectivity index (χ2v) is 5.91. The van der Waals surface area contributed by atoms with Crippen LogP contribution in [0.15, 0.2) is 46.9 Å². The molecule has 19 heavy (non-hydrogen) atoms. The molecule has 2 aromatic carbocycles. The predicted molar refractivity (Wildman–Crippen MR) is 85.3 cm³/mol. The maximum atomic E-state index is 3.59. The number of halogens is 1. The molecule has 1 N–H and O–H groups in total. The number of hydrogen-bond donors (Lipinski definition) is 1. The third kappa shape index (κ3) is 3.68. The van der Waals surface area contributed by atoms with Crippen LogP contribution in [0, 0.1) is 13.8 Å². The molecule has 100 valence electrons. The number of hydrogen-bond acceptors (Lipinski definition) is 1. The largest absolute Gasteiger partial charge is 0.306 e. The van der Waals surface area contributed by atoms with Gasteiger partial charge in [-0.3, -0.25) is 0 Å². The van der Waals surface area contributed by atoms with Crippen LogP contribution >= 0.6 is 15.9 Å². The summed E-state index contributed by atoms with van der Waals surface area (Å²) in [5.41, 5.74) is 5.33. The van der Waals surface area contributed by atoms with Gasteiger partial charge in [0.15, 0.2) is 0 Å². The highest BCUT2D eigenvalue weighted by Gasteiger charge is 2.08. The van der Waals surface area contributed by atoms with Gasteiger partial charge in [-0.1, -0.05) is 57.9 Å². The van der Waals surface area contributed by atoms with Crippen molar-refractivity contribution in [3.8, 4) is 0 Å². The van der Waals surface area contributed by atoms with Crippen molar-refractivity contribution in [1.82, 2.24) is 5.32 Å². The Morgan fingerprint density at radius 1 is 1.11 bits per heavy atom. The predicted octanol–water partition coefficient (Wildman–Crippen LogP) is 4.92. The summed E-state index contributed by atoms with van der Waals surface area (Å²) in [6.45, 7) is 7.41. The van der Waals surface area contributed by atoms with E-state index in [1.807, 2.05) is 6.07 Å². The highest BCUT2D eigenvalue weighted by Crippen LogP contribution is 2.21. The van der Waals surface area contributed by atoms with Gasteiger partial charge in [0.05, 0.1) is 0 Å². The first-order valence-electron chi connectivity index (χ1n) is 6.62. The van der Waals surface area contributed by atoms with Crippen molar-refractivity contribution in [3.63, 3.8) is 0 Å². The normalized spacial score (nSPS) is 12.4. The van der Waals surface area contributed by atoms with Crippen LogP contribution in [-0.2, 0) is 6.54 Å². The Bertz CT molecular complexity index is 563. The van der Waals surface area contributed by atoms with Gasteiger partial charge in [-0.05, 0) is 43.5 Å². The minimum atomic E-state index is 0.354. The van der Waals surface area contributed by atoms with Crippen LogP contribution in [0.25, 0.3) is 0 Å². The van der Waals surface area contributed by atoms with E-state index in [4.69, 9.17) is 0 Å². The summed E-state index contributed by atoms with van der Waals surface area (Å²) >= 11 is 3.59. The molecule has 0 spiro atoms. The van der Waals surface area contributed by atoms with Crippen molar-refractivity contribution in [2.45, 2.75) is 33.4 Å². The molecule has 0 aliphatic rings. The molecule has 2 heteroatoms. The average Bonchev–Trinajstić information content (AvgIpc) is 2.40. The molecule has 0 radical (unpaired) electrons. The summed E-state index contributed by atoms with van der Waals surface area (Å²) in [7, 11) is 0. The van der Waals surface area contributed by atoms with Gasteiger partial charge >= 0.3 is 0 Å². The lowest BCUT2D eigenvalue weighted by Crippen LogP contribution is -2.19. The molecule has 0 saturated carbocycles. The first kappa shape index (κ1) is 14.3. The van der Waals surface area contributed by atoms with Crippen LogP contribution in [0.2, 0.25) is 0 Å². The summed E-state index contributed by atoms with van der Waals surface area (Å²) in [4.78, 5) is 0. The molecule has 0 heterocycles. The molecule has 2 aromatic rings. The quantitative estimate of drug-likeness (QED) is 0.844. The van der Waals surface area contributed by atoms with Crippen LogP contribution in [0.1, 0.15) is 35.2 Å². The fourth-order valence-electron chi connectivity index (χ4n) is 2.24. The lowest BCUT2D eigenvalue weighted by atomic mass is 10.00. The molecule has 0 aromatic heterocycles. The number of rotatable bonds is 4. The van der Waals surface area contributed by atoms with Crippen molar-refractivity contribution >= 4 is 15.9 Å². The summed E-state index contributed by atoms with van der Waals surface area (Å²) in [5, 5.41) is 3.59. The molecule has 0 aliphatic carbocycles. The summed E-state index contributed by atoms with van der Waals surface area (Å²) in [6, 6.07) is 15.3. The smallest absolute Gasteiger partial charge is 0.0297 e. The zero-order valence-electron chi connectivity index (χ0n) is 11.7. The van der Waals surface area contributed by atoms with E-state index < -0.39 is 0 Å². The molecule has 0 fully saturated rings. The van der Waals surface area contributed by atoms with E-state index in [2.05, 4.69) is 78.4 Å². The van der Waals surface area contributed by atoms with E-state index in [9.17, 15) is 0 Å². The highest BCUT2D eigenvalue weighted by molar-refractivity contribution is 9.10. The zero-order chi connectivity index (χ0) is 13.8. The lowest BCUT2D eigenvalue weighted by molar-refractivity contribution is 0.571. The van der Waals surface area contributed by atoms with Crippen LogP contribution in [-0.4, -0.2) is 0 Å². The average molecular weight is 318 g/mol. The number of aryl methyl sites for hydroxylation is 2. The third-order valence-corrected chi connectivity index (χ3v) is 4.23. The first-order chi connectivity index (χ1) is 9.08. The molecule has 0 saturated heterocycles. The van der Waals surface area contributed by atoms with Crippen LogP contribution in [0.3, 0.4) is 0 Å². The Morgan fingerprint density at radius 2 is 1.84 bits per heavy atom. The van der Waals surface area contributed by atoms with E-state index in [0.29, 0.717) is 6.04 Å². The van der Waals surface area contributed by atoms with Gasteiger partial charge < -0.3 is 5.32 Å². The van der Waals surface area contributed by atoms with Crippen LogP contribution in [0.5, 0.6) is 0 Å². The Labute approximate surface area is 124 Å². The molecular weight excluding hydrogens is 298 g/mol. The van der Waals surface area contributed by atoms with E-state index in [0.717, 1.165) is 11.0 Å². The van der Waals surface area contributed by atoms with E-state index in [1.165, 1.54) is 22.3 Å². The molecule has 1 nitrogen and oxygen atoms in total. The van der Waals surface area contributed by atoms with Gasteiger partial charge in [0, 0.05) is 17.1 Å². The Morgan fingerprint density at radius 3 is 2.58 bits per heavy atom. The van der Waals surface area contributed by atoms with Crippen molar-refractivity contribution in [1.29, 1.82) is 0 Å². The summed E-state index contributed by atoms with van der Waals surface area (Å²) in [6.07, 6.45) is 0. The number of nitrogens with one attached hydrogen (secondary N) is 1. The Hall–Kier alpha value is -1.12. The van der Waals surface area contributed by atoms with Gasteiger partial charge in [0.25, 0.3) is 0 Å². The Kier molecular flexibility index (Phi) is 4.78. The minimum absolute atomic E-state index is 0.354.